The number of methoxy groups -OCH3 is 3. The van der Waals surface area contributed by atoms with Gasteiger partial charge in [-0.2, -0.15) is 0 Å². The van der Waals surface area contributed by atoms with E-state index in [1.54, 1.807) is 41.1 Å². The number of carbonyl (C=O) groups excluding carboxylic acids is 3. The molecule has 3 heterocycles. The number of esters is 1. The maximum Gasteiger partial charge on any atom is 0.323 e. The molecule has 0 aromatic rings. The first-order valence-corrected chi connectivity index (χ1v) is 24.2. The molecule has 1 aliphatic carbocycles. The summed E-state index contributed by atoms with van der Waals surface area (Å²) in [5.41, 5.74) is 1.26. The van der Waals surface area contributed by atoms with Crippen molar-refractivity contribution in [2.45, 2.75) is 192 Å². The van der Waals surface area contributed by atoms with Crippen LogP contribution in [0.4, 0.5) is 0 Å². The normalized spacial score (nSPS) is 40.4. The van der Waals surface area contributed by atoms with Crippen molar-refractivity contribution in [3.63, 3.8) is 0 Å². The molecule has 65 heavy (non-hydrogen) atoms. The molecular formula is C51H83NO13. The summed E-state index contributed by atoms with van der Waals surface area (Å²) < 4.78 is 29.7. The van der Waals surface area contributed by atoms with E-state index >= 15 is 0 Å². The number of hydrogen-bond donors (Lipinski definition) is 5. The number of hydrogen-bond acceptors (Lipinski definition) is 14. The van der Waals surface area contributed by atoms with Crippen molar-refractivity contribution < 1.29 is 63.6 Å². The quantitative estimate of drug-likeness (QED) is 0.201. The Bertz CT molecular complexity index is 1660. The summed E-state index contributed by atoms with van der Waals surface area (Å²) in [6, 6.07) is -0.982. The number of cyclic esters (lactones) is 1. The smallest absolute Gasteiger partial charge is 0.323 e. The van der Waals surface area contributed by atoms with E-state index in [1.807, 2.05) is 58.1 Å². The van der Waals surface area contributed by atoms with Gasteiger partial charge in [0.1, 0.15) is 30.6 Å². The summed E-state index contributed by atoms with van der Waals surface area (Å²) in [5.74, 6) is -5.06. The highest BCUT2D eigenvalue weighted by Gasteiger charge is 2.53. The monoisotopic (exact) mass is 918 g/mol. The predicted molar refractivity (Wildman–Crippen MR) is 247 cm³/mol. The Kier molecular flexibility index (Phi) is 21.7. The zero-order chi connectivity index (χ0) is 48.2. The second kappa shape index (κ2) is 25.7. The van der Waals surface area contributed by atoms with Crippen molar-refractivity contribution in [3.8, 4) is 0 Å². The van der Waals surface area contributed by atoms with Crippen LogP contribution >= 0.6 is 0 Å². The van der Waals surface area contributed by atoms with Gasteiger partial charge >= 0.3 is 5.97 Å². The SMILES string of the molecule is COC1CC(C[C@@H](C)[C@@H]2CC(=O)C(C)=CC(C)C(O)[C@@H](OC)C(=O)C(C)C[C@H](C)C=CC=CC=C(C)[C@@H](OC)C[C@@H]3CCC(C)C(O)(O3)[C@H](O)[C@H](O)N3CCCCC3C(=O)O2)CC[C@H]1O. The standard InChI is InChI=1S/C51H83NO13/c1-30-16-12-11-13-17-31(2)42(61-8)28-38-21-19-36(7)51(60,65-38)48(57)49(58)52-23-15-14-18-39(52)50(59)64-43(33(4)26-37-20-22-40(53)44(27-37)62-9)29-41(54)32(3)25-35(6)46(56)47(63-10)45(55)34(5)24-30/h11-13,16-17,25,30,33-40,42-44,46-49,53,56-58,60H,14-15,18-24,26-29H2,1-10H3/t30-,33-,34?,35?,36?,37?,38+,39?,40-,42+,43+,44?,46?,47+,48-,49+,51?/m1/s1. The van der Waals surface area contributed by atoms with Gasteiger partial charge < -0.3 is 49.2 Å². The molecular weight excluding hydrogens is 835 g/mol. The Morgan fingerprint density at radius 2 is 1.58 bits per heavy atom. The van der Waals surface area contributed by atoms with Crippen LogP contribution in [0.5, 0.6) is 0 Å². The molecule has 3 aliphatic heterocycles. The van der Waals surface area contributed by atoms with Crippen LogP contribution in [0.25, 0.3) is 0 Å². The molecule has 370 valence electrons. The molecule has 3 fully saturated rings. The third kappa shape index (κ3) is 14.7. The average molecular weight is 918 g/mol. The summed E-state index contributed by atoms with van der Waals surface area (Å²) in [6.07, 6.45) is 8.81. The molecule has 0 aromatic carbocycles. The third-order valence-corrected chi connectivity index (χ3v) is 14.8. The van der Waals surface area contributed by atoms with Gasteiger partial charge in [0.05, 0.1) is 30.5 Å². The van der Waals surface area contributed by atoms with Crippen LogP contribution in [0.1, 0.15) is 126 Å². The van der Waals surface area contributed by atoms with Gasteiger partial charge in [0.15, 0.2) is 17.4 Å². The maximum absolute atomic E-state index is 14.4. The van der Waals surface area contributed by atoms with E-state index in [9.17, 15) is 39.9 Å². The number of rotatable bonds is 6. The summed E-state index contributed by atoms with van der Waals surface area (Å²) >= 11 is 0. The molecule has 0 amide bonds. The lowest BCUT2D eigenvalue weighted by Crippen LogP contribution is -2.64. The minimum absolute atomic E-state index is 0.0352. The van der Waals surface area contributed by atoms with Crippen molar-refractivity contribution in [1.82, 2.24) is 4.90 Å². The van der Waals surface area contributed by atoms with Crippen LogP contribution < -0.4 is 0 Å². The van der Waals surface area contributed by atoms with Crippen LogP contribution in [0.3, 0.4) is 0 Å². The van der Waals surface area contributed by atoms with Crippen molar-refractivity contribution in [3.05, 3.63) is 47.6 Å². The van der Waals surface area contributed by atoms with Gasteiger partial charge in [-0.15, -0.1) is 0 Å². The lowest BCUT2D eigenvalue weighted by molar-refractivity contribution is -0.344. The molecule has 8 unspecified atom stereocenters. The van der Waals surface area contributed by atoms with Crippen LogP contribution in [0, 0.1) is 35.5 Å². The van der Waals surface area contributed by atoms with Gasteiger partial charge in [-0.25, -0.2) is 0 Å². The number of ketones is 2. The van der Waals surface area contributed by atoms with Gasteiger partial charge in [0.2, 0.25) is 0 Å². The van der Waals surface area contributed by atoms with E-state index in [1.165, 1.54) is 12.0 Å². The molecule has 14 heteroatoms. The first kappa shape index (κ1) is 55.0. The number of allylic oxidation sites excluding steroid dienone is 6. The minimum Gasteiger partial charge on any atom is -0.460 e. The number of carbonyl (C=O) groups is 3. The maximum atomic E-state index is 14.4. The first-order valence-electron chi connectivity index (χ1n) is 24.2. The molecule has 4 aliphatic rings. The van der Waals surface area contributed by atoms with Crippen LogP contribution in [-0.2, 0) is 38.1 Å². The van der Waals surface area contributed by atoms with Crippen molar-refractivity contribution >= 4 is 17.5 Å². The summed E-state index contributed by atoms with van der Waals surface area (Å²) in [6.45, 7) is 13.1. The van der Waals surface area contributed by atoms with Crippen molar-refractivity contribution in [1.29, 1.82) is 0 Å². The Morgan fingerprint density at radius 3 is 2.26 bits per heavy atom. The van der Waals surface area contributed by atoms with Crippen molar-refractivity contribution in [2.75, 3.05) is 27.9 Å². The third-order valence-electron chi connectivity index (χ3n) is 14.8. The molecule has 0 spiro atoms. The van der Waals surface area contributed by atoms with E-state index < -0.39 is 78.4 Å². The first-order chi connectivity index (χ1) is 30.7. The highest BCUT2D eigenvalue weighted by molar-refractivity contribution is 5.95. The van der Waals surface area contributed by atoms with E-state index in [0.29, 0.717) is 69.8 Å². The number of piperidine rings is 1. The number of nitrogens with zero attached hydrogens (tertiary/aromatic N) is 1. The molecule has 1 saturated carbocycles. The van der Waals surface area contributed by atoms with Gasteiger partial charge in [0.25, 0.3) is 0 Å². The summed E-state index contributed by atoms with van der Waals surface area (Å²) in [5, 5.41) is 57.8. The van der Waals surface area contributed by atoms with E-state index in [4.69, 9.17) is 23.7 Å². The fraction of sp³-hybridized carbons (Fsp3) is 0.784. The molecule has 0 radical (unpaired) electrons. The topological polar surface area (TPSA) is 202 Å². The van der Waals surface area contributed by atoms with Gasteiger partial charge in [0, 0.05) is 58.5 Å². The van der Waals surface area contributed by atoms with E-state index in [2.05, 4.69) is 0 Å². The lowest BCUT2D eigenvalue weighted by Gasteiger charge is -2.49. The minimum atomic E-state index is -2.13. The molecule has 14 nitrogen and oxygen atoms in total. The summed E-state index contributed by atoms with van der Waals surface area (Å²) in [7, 11) is 4.58. The van der Waals surface area contributed by atoms with Crippen LogP contribution in [-0.4, -0.2) is 143 Å². The molecule has 17 atom stereocenters. The average Bonchev–Trinajstić information content (AvgIpc) is 3.28. The number of aliphatic hydroxyl groups excluding tert-OH is 4. The van der Waals surface area contributed by atoms with Gasteiger partial charge in [-0.05, 0) is 101 Å². The zero-order valence-corrected chi connectivity index (χ0v) is 40.8. The number of fused-ring (bicyclic) bond motifs is 3. The second-order valence-electron chi connectivity index (χ2n) is 19.9. The number of ether oxygens (including phenoxy) is 5. The Labute approximate surface area is 388 Å². The predicted octanol–water partition coefficient (Wildman–Crippen LogP) is 5.76. The number of Topliss-reactive ketones (excluding diaryl/α,β-unsaturated/α-hetero) is 2. The molecule has 4 rings (SSSR count). The van der Waals surface area contributed by atoms with Crippen molar-refractivity contribution in [2.24, 2.45) is 35.5 Å². The highest BCUT2D eigenvalue weighted by atomic mass is 16.6. The van der Waals surface area contributed by atoms with Gasteiger partial charge in [-0.3, -0.25) is 19.3 Å². The lowest BCUT2D eigenvalue weighted by atomic mass is 9.78. The Morgan fingerprint density at radius 1 is 0.862 bits per heavy atom. The summed E-state index contributed by atoms with van der Waals surface area (Å²) in [4.78, 5) is 43.7. The van der Waals surface area contributed by atoms with E-state index in [-0.39, 0.29) is 54.5 Å². The fourth-order valence-corrected chi connectivity index (χ4v) is 10.5. The van der Waals surface area contributed by atoms with E-state index in [0.717, 1.165) is 12.0 Å². The zero-order valence-electron chi connectivity index (χ0n) is 40.8. The largest absolute Gasteiger partial charge is 0.460 e. The Balaban J connectivity index is 1.70. The molecule has 0 aromatic heterocycles. The van der Waals surface area contributed by atoms with Gasteiger partial charge in [-0.1, -0.05) is 77.5 Å². The van der Waals surface area contributed by atoms with Crippen LogP contribution in [0.2, 0.25) is 0 Å². The second-order valence-corrected chi connectivity index (χ2v) is 19.9. The number of aliphatic hydroxyl groups is 5. The molecule has 2 saturated heterocycles. The highest BCUT2D eigenvalue weighted by Crippen LogP contribution is 2.40. The fourth-order valence-electron chi connectivity index (χ4n) is 10.5. The molecule has 2 bridgehead atoms. The Hall–Kier alpha value is -2.63. The van der Waals surface area contributed by atoms with Crippen LogP contribution in [0.15, 0.2) is 47.6 Å². The molecule has 5 N–H and O–H groups in total.